The first-order chi connectivity index (χ1) is 8.70. The van der Waals surface area contributed by atoms with E-state index in [0.29, 0.717) is 6.61 Å². The number of benzene rings is 1. The Kier molecular flexibility index (Phi) is 3.87. The van der Waals surface area contributed by atoms with E-state index in [-0.39, 0.29) is 0 Å². The number of aromatic amines is 1. The zero-order chi connectivity index (χ0) is 13.0. The average Bonchev–Trinajstić information content (AvgIpc) is 2.74. The molecule has 0 bridgehead atoms. The molecule has 0 aliphatic rings. The van der Waals surface area contributed by atoms with Crippen molar-refractivity contribution in [3.8, 4) is 5.75 Å². The lowest BCUT2D eigenvalue weighted by atomic mass is 10.2. The maximum absolute atomic E-state index is 5.47. The summed E-state index contributed by atoms with van der Waals surface area (Å²) in [4.78, 5) is 0. The van der Waals surface area contributed by atoms with Crippen molar-refractivity contribution in [2.24, 2.45) is 0 Å². The fourth-order valence-electron chi connectivity index (χ4n) is 1.84. The van der Waals surface area contributed by atoms with Gasteiger partial charge in [-0.1, -0.05) is 0 Å². The fraction of sp³-hybridized carbons (Fsp3) is 0.357. The molecular weight excluding hydrogens is 226 g/mol. The van der Waals surface area contributed by atoms with Crippen LogP contribution >= 0.6 is 0 Å². The number of H-pyrrole nitrogens is 1. The number of rotatable bonds is 5. The summed E-state index contributed by atoms with van der Waals surface area (Å²) in [5.41, 5.74) is 4.59. The summed E-state index contributed by atoms with van der Waals surface area (Å²) in [6, 6.07) is 6.09. The number of nitrogens with zero attached hydrogens (tertiary/aromatic N) is 1. The first-order valence-electron chi connectivity index (χ1n) is 6.17. The van der Waals surface area contributed by atoms with Gasteiger partial charge in [-0.25, -0.2) is 0 Å². The van der Waals surface area contributed by atoms with Crippen LogP contribution in [0.3, 0.4) is 0 Å². The van der Waals surface area contributed by atoms with E-state index in [4.69, 9.17) is 4.74 Å². The Balaban J connectivity index is 2.03. The van der Waals surface area contributed by atoms with Crippen molar-refractivity contribution in [2.75, 3.05) is 11.9 Å². The van der Waals surface area contributed by atoms with Crippen LogP contribution in [0.4, 0.5) is 5.69 Å². The summed E-state index contributed by atoms with van der Waals surface area (Å²) >= 11 is 0. The summed E-state index contributed by atoms with van der Waals surface area (Å²) < 4.78 is 5.47. The molecular formula is C14H19N3O. The molecule has 0 radical (unpaired) electrons. The molecule has 4 heteroatoms. The van der Waals surface area contributed by atoms with Crippen LogP contribution in [0.25, 0.3) is 0 Å². The Hall–Kier alpha value is -1.97. The molecule has 0 aliphatic carbocycles. The number of anilines is 1. The molecule has 1 aromatic carbocycles. The molecule has 18 heavy (non-hydrogen) atoms. The molecule has 0 atom stereocenters. The Morgan fingerprint density at radius 3 is 2.78 bits per heavy atom. The van der Waals surface area contributed by atoms with Gasteiger partial charge in [-0.05, 0) is 44.5 Å². The molecule has 96 valence electrons. The SMILES string of the molecule is CCOc1ccc(NCc2cn[nH]c2C)c(C)c1. The van der Waals surface area contributed by atoms with Crippen LogP contribution in [-0.2, 0) is 6.54 Å². The summed E-state index contributed by atoms with van der Waals surface area (Å²) in [5.74, 6) is 0.917. The third kappa shape index (κ3) is 2.83. The van der Waals surface area contributed by atoms with Gasteiger partial charge < -0.3 is 10.1 Å². The number of nitrogens with one attached hydrogen (secondary N) is 2. The second-order valence-electron chi connectivity index (χ2n) is 4.28. The molecule has 0 fully saturated rings. The van der Waals surface area contributed by atoms with E-state index in [1.54, 1.807) is 0 Å². The number of aromatic nitrogens is 2. The third-order valence-electron chi connectivity index (χ3n) is 2.91. The van der Waals surface area contributed by atoms with Gasteiger partial charge in [-0.15, -0.1) is 0 Å². The molecule has 2 aromatic rings. The first-order valence-corrected chi connectivity index (χ1v) is 6.17. The van der Waals surface area contributed by atoms with Crippen LogP contribution in [0.15, 0.2) is 24.4 Å². The molecule has 2 N–H and O–H groups in total. The number of aryl methyl sites for hydroxylation is 2. The van der Waals surface area contributed by atoms with Crippen molar-refractivity contribution >= 4 is 5.69 Å². The van der Waals surface area contributed by atoms with Gasteiger partial charge in [0, 0.05) is 23.5 Å². The Morgan fingerprint density at radius 2 is 2.17 bits per heavy atom. The fourth-order valence-corrected chi connectivity index (χ4v) is 1.84. The topological polar surface area (TPSA) is 49.9 Å². The molecule has 0 spiro atoms. The predicted molar refractivity (Wildman–Crippen MR) is 73.0 cm³/mol. The van der Waals surface area contributed by atoms with Crippen molar-refractivity contribution in [1.29, 1.82) is 0 Å². The maximum Gasteiger partial charge on any atom is 0.119 e. The van der Waals surface area contributed by atoms with E-state index in [0.717, 1.165) is 23.7 Å². The summed E-state index contributed by atoms with van der Waals surface area (Å²) in [7, 11) is 0. The highest BCUT2D eigenvalue weighted by atomic mass is 16.5. The lowest BCUT2D eigenvalue weighted by Crippen LogP contribution is -2.02. The molecule has 4 nitrogen and oxygen atoms in total. The summed E-state index contributed by atoms with van der Waals surface area (Å²) in [6.07, 6.45) is 1.85. The molecule has 2 rings (SSSR count). The Morgan fingerprint density at radius 1 is 1.33 bits per heavy atom. The van der Waals surface area contributed by atoms with Gasteiger partial charge in [0.25, 0.3) is 0 Å². The predicted octanol–water partition coefficient (Wildman–Crippen LogP) is 3.04. The van der Waals surface area contributed by atoms with Crippen molar-refractivity contribution in [1.82, 2.24) is 10.2 Å². The van der Waals surface area contributed by atoms with Crippen LogP contribution < -0.4 is 10.1 Å². The number of hydrogen-bond acceptors (Lipinski definition) is 3. The standard InChI is InChI=1S/C14H19N3O/c1-4-18-13-5-6-14(10(2)7-13)15-8-12-9-16-17-11(12)3/h5-7,9,15H,4,8H2,1-3H3,(H,16,17). The van der Waals surface area contributed by atoms with Gasteiger partial charge in [0.05, 0.1) is 12.8 Å². The van der Waals surface area contributed by atoms with E-state index in [1.165, 1.54) is 11.1 Å². The molecule has 0 saturated heterocycles. The van der Waals surface area contributed by atoms with Gasteiger partial charge in [-0.3, -0.25) is 5.10 Å². The van der Waals surface area contributed by atoms with Crippen LogP contribution in [0, 0.1) is 13.8 Å². The molecule has 0 saturated carbocycles. The highest BCUT2D eigenvalue weighted by Crippen LogP contribution is 2.22. The van der Waals surface area contributed by atoms with E-state index in [2.05, 4.69) is 28.5 Å². The molecule has 1 heterocycles. The number of ether oxygens (including phenoxy) is 1. The van der Waals surface area contributed by atoms with E-state index < -0.39 is 0 Å². The van der Waals surface area contributed by atoms with Gasteiger partial charge in [-0.2, -0.15) is 5.10 Å². The van der Waals surface area contributed by atoms with Crippen LogP contribution in [-0.4, -0.2) is 16.8 Å². The quantitative estimate of drug-likeness (QED) is 0.851. The van der Waals surface area contributed by atoms with Gasteiger partial charge >= 0.3 is 0 Å². The maximum atomic E-state index is 5.47. The molecule has 0 unspecified atom stereocenters. The zero-order valence-corrected chi connectivity index (χ0v) is 11.1. The highest BCUT2D eigenvalue weighted by molar-refractivity contribution is 5.53. The second kappa shape index (κ2) is 5.58. The van der Waals surface area contributed by atoms with Crippen LogP contribution in [0.1, 0.15) is 23.7 Å². The van der Waals surface area contributed by atoms with E-state index >= 15 is 0 Å². The van der Waals surface area contributed by atoms with Gasteiger partial charge in [0.2, 0.25) is 0 Å². The zero-order valence-electron chi connectivity index (χ0n) is 11.1. The molecule has 1 aromatic heterocycles. The number of hydrogen-bond donors (Lipinski definition) is 2. The van der Waals surface area contributed by atoms with Gasteiger partial charge in [0.1, 0.15) is 5.75 Å². The molecule has 0 amide bonds. The largest absolute Gasteiger partial charge is 0.494 e. The van der Waals surface area contributed by atoms with Crippen molar-refractivity contribution < 1.29 is 4.74 Å². The van der Waals surface area contributed by atoms with E-state index in [1.807, 2.05) is 32.2 Å². The minimum absolute atomic E-state index is 0.695. The van der Waals surface area contributed by atoms with Crippen LogP contribution in [0.5, 0.6) is 5.75 Å². The Labute approximate surface area is 107 Å². The highest BCUT2D eigenvalue weighted by Gasteiger charge is 2.03. The van der Waals surface area contributed by atoms with Crippen molar-refractivity contribution in [3.63, 3.8) is 0 Å². The Bertz CT molecular complexity index is 520. The smallest absolute Gasteiger partial charge is 0.119 e. The normalized spacial score (nSPS) is 10.4. The lowest BCUT2D eigenvalue weighted by molar-refractivity contribution is 0.340. The third-order valence-corrected chi connectivity index (χ3v) is 2.91. The van der Waals surface area contributed by atoms with Crippen LogP contribution in [0.2, 0.25) is 0 Å². The first kappa shape index (κ1) is 12.5. The minimum atomic E-state index is 0.695. The lowest BCUT2D eigenvalue weighted by Gasteiger charge is -2.11. The van der Waals surface area contributed by atoms with E-state index in [9.17, 15) is 0 Å². The molecule has 0 aliphatic heterocycles. The van der Waals surface area contributed by atoms with Gasteiger partial charge in [0.15, 0.2) is 0 Å². The van der Waals surface area contributed by atoms with Crippen molar-refractivity contribution in [2.45, 2.75) is 27.3 Å². The minimum Gasteiger partial charge on any atom is -0.494 e. The monoisotopic (exact) mass is 245 g/mol. The summed E-state index contributed by atoms with van der Waals surface area (Å²) in [6.45, 7) is 7.56. The van der Waals surface area contributed by atoms with Crippen molar-refractivity contribution in [3.05, 3.63) is 41.2 Å². The average molecular weight is 245 g/mol. The summed E-state index contributed by atoms with van der Waals surface area (Å²) in [5, 5.41) is 10.4. The second-order valence-corrected chi connectivity index (χ2v) is 4.28.